The van der Waals surface area contributed by atoms with E-state index in [9.17, 15) is 9.90 Å². The number of benzene rings is 1. The minimum Gasteiger partial charge on any atom is -0.493 e. The zero-order valence-corrected chi connectivity index (χ0v) is 18.7. The van der Waals surface area contributed by atoms with Crippen molar-refractivity contribution in [2.75, 3.05) is 6.61 Å². The van der Waals surface area contributed by atoms with E-state index < -0.39 is 6.10 Å². The molecule has 4 heterocycles. The zero-order valence-electron chi connectivity index (χ0n) is 17.2. The number of aromatic amines is 1. The summed E-state index contributed by atoms with van der Waals surface area (Å²) in [7, 11) is 0. The molecule has 0 saturated carbocycles. The third-order valence-electron chi connectivity index (χ3n) is 5.66. The molecule has 164 valence electrons. The van der Waals surface area contributed by atoms with Crippen LogP contribution < -0.4 is 4.74 Å². The third-order valence-corrected chi connectivity index (χ3v) is 6.18. The second-order valence-corrected chi connectivity index (χ2v) is 8.87. The van der Waals surface area contributed by atoms with Crippen molar-refractivity contribution >= 4 is 39.9 Å². The molecule has 5 rings (SSSR count). The molecule has 4 aromatic rings. The van der Waals surface area contributed by atoms with Gasteiger partial charge in [-0.25, -0.2) is 0 Å². The Morgan fingerprint density at radius 1 is 1.34 bits per heavy atom. The standard InChI is InChI=1S/C23H20Cl2N4O3/c1-12(30)9-29-10-18(16-7-26-19(6-20(16)29)17-8-27-28-23(17)25)22(31)14-4-13-5-15(24)2-3-21(13)32-11-14/h2-3,5-8,10,12,14,30H,4,9,11H2,1H3,(H,27,28)/t12-,14+/m1/s1. The molecular weight excluding hydrogens is 451 g/mol. The van der Waals surface area contributed by atoms with E-state index in [0.717, 1.165) is 22.2 Å². The largest absolute Gasteiger partial charge is 0.493 e. The lowest BCUT2D eigenvalue weighted by Crippen LogP contribution is -2.28. The number of hydrogen-bond acceptors (Lipinski definition) is 5. The molecule has 9 heteroatoms. The summed E-state index contributed by atoms with van der Waals surface area (Å²) < 4.78 is 7.71. The van der Waals surface area contributed by atoms with Gasteiger partial charge in [0.2, 0.25) is 0 Å². The van der Waals surface area contributed by atoms with Crippen LogP contribution in [-0.4, -0.2) is 43.3 Å². The maximum atomic E-state index is 13.5. The number of pyridine rings is 1. The van der Waals surface area contributed by atoms with E-state index >= 15 is 0 Å². The Kier molecular flexibility index (Phi) is 5.41. The first-order valence-electron chi connectivity index (χ1n) is 10.2. The Balaban J connectivity index is 1.55. The Labute approximate surface area is 193 Å². The number of hydrogen-bond donors (Lipinski definition) is 2. The van der Waals surface area contributed by atoms with Crippen molar-refractivity contribution in [3.63, 3.8) is 0 Å². The van der Waals surface area contributed by atoms with Crippen LogP contribution in [0.1, 0.15) is 22.8 Å². The van der Waals surface area contributed by atoms with Crippen LogP contribution >= 0.6 is 23.2 Å². The van der Waals surface area contributed by atoms with Gasteiger partial charge >= 0.3 is 0 Å². The third kappa shape index (κ3) is 3.77. The summed E-state index contributed by atoms with van der Waals surface area (Å²) in [5.74, 6) is 0.397. The Morgan fingerprint density at radius 2 is 2.19 bits per heavy atom. The second-order valence-electron chi connectivity index (χ2n) is 8.06. The number of ether oxygens (including phenoxy) is 1. The number of aliphatic hydroxyl groups excluding tert-OH is 1. The molecule has 0 spiro atoms. The normalized spacial score (nSPS) is 16.6. The van der Waals surface area contributed by atoms with Gasteiger partial charge in [0, 0.05) is 34.9 Å². The van der Waals surface area contributed by atoms with E-state index in [0.29, 0.717) is 46.6 Å². The fourth-order valence-electron chi connectivity index (χ4n) is 4.16. The Hall–Kier alpha value is -2.87. The molecule has 2 atom stereocenters. The summed E-state index contributed by atoms with van der Waals surface area (Å²) in [6.45, 7) is 2.34. The molecule has 3 aromatic heterocycles. The van der Waals surface area contributed by atoms with Crippen molar-refractivity contribution < 1.29 is 14.6 Å². The average molecular weight is 471 g/mol. The van der Waals surface area contributed by atoms with Crippen LogP contribution in [0.2, 0.25) is 10.2 Å². The number of halogens is 2. The van der Waals surface area contributed by atoms with Gasteiger partial charge in [-0.3, -0.25) is 14.9 Å². The van der Waals surface area contributed by atoms with Crippen LogP contribution in [0.5, 0.6) is 5.75 Å². The topological polar surface area (TPSA) is 93.0 Å². The summed E-state index contributed by atoms with van der Waals surface area (Å²) >= 11 is 12.3. The average Bonchev–Trinajstić information content (AvgIpc) is 3.35. The molecule has 7 nitrogen and oxygen atoms in total. The molecule has 0 unspecified atom stereocenters. The summed E-state index contributed by atoms with van der Waals surface area (Å²) in [5.41, 5.74) is 3.56. The van der Waals surface area contributed by atoms with E-state index in [1.165, 1.54) is 0 Å². The zero-order chi connectivity index (χ0) is 22.4. The van der Waals surface area contributed by atoms with Gasteiger partial charge in [-0.05, 0) is 43.2 Å². The minimum absolute atomic E-state index is 0.0270. The number of fused-ring (bicyclic) bond motifs is 2. The molecule has 32 heavy (non-hydrogen) atoms. The number of ketones is 1. The number of aliphatic hydroxyl groups is 1. The molecule has 0 radical (unpaired) electrons. The highest BCUT2D eigenvalue weighted by molar-refractivity contribution is 6.32. The highest BCUT2D eigenvalue weighted by atomic mass is 35.5. The first-order valence-corrected chi connectivity index (χ1v) is 11.0. The van der Waals surface area contributed by atoms with Crippen molar-refractivity contribution in [3.05, 3.63) is 64.2 Å². The van der Waals surface area contributed by atoms with Crippen molar-refractivity contribution in [1.29, 1.82) is 0 Å². The predicted molar refractivity (Wildman–Crippen MR) is 122 cm³/mol. The monoisotopic (exact) mass is 470 g/mol. The lowest BCUT2D eigenvalue weighted by atomic mass is 9.90. The molecule has 0 saturated heterocycles. The minimum atomic E-state index is -0.588. The van der Waals surface area contributed by atoms with Crippen LogP contribution in [0.15, 0.2) is 42.9 Å². The number of carbonyl (C=O) groups excluding carboxylic acids is 1. The van der Waals surface area contributed by atoms with Crippen LogP contribution in [0, 0.1) is 5.92 Å². The van der Waals surface area contributed by atoms with Crippen LogP contribution in [-0.2, 0) is 13.0 Å². The van der Waals surface area contributed by atoms with Gasteiger partial charge < -0.3 is 14.4 Å². The van der Waals surface area contributed by atoms with Crippen molar-refractivity contribution in [2.45, 2.75) is 26.0 Å². The maximum absolute atomic E-state index is 13.5. The van der Waals surface area contributed by atoms with Gasteiger partial charge in [0.25, 0.3) is 0 Å². The smallest absolute Gasteiger partial charge is 0.171 e. The highest BCUT2D eigenvalue weighted by Crippen LogP contribution is 2.34. The molecule has 0 fully saturated rings. The van der Waals surface area contributed by atoms with E-state index in [4.69, 9.17) is 27.9 Å². The van der Waals surface area contributed by atoms with E-state index in [2.05, 4.69) is 15.2 Å². The lowest BCUT2D eigenvalue weighted by molar-refractivity contribution is 0.0856. The highest BCUT2D eigenvalue weighted by Gasteiger charge is 2.29. The van der Waals surface area contributed by atoms with Crippen LogP contribution in [0.4, 0.5) is 0 Å². The molecule has 1 aliphatic rings. The van der Waals surface area contributed by atoms with Crippen LogP contribution in [0.3, 0.4) is 0 Å². The number of aromatic nitrogens is 4. The molecule has 1 aliphatic heterocycles. The lowest BCUT2D eigenvalue weighted by Gasteiger charge is -2.24. The van der Waals surface area contributed by atoms with Crippen molar-refractivity contribution in [2.24, 2.45) is 5.92 Å². The van der Waals surface area contributed by atoms with Gasteiger partial charge in [-0.15, -0.1) is 0 Å². The molecular formula is C23H20Cl2N4O3. The molecule has 2 N–H and O–H groups in total. The molecule has 0 aliphatic carbocycles. The predicted octanol–water partition coefficient (Wildman–Crippen LogP) is 4.55. The van der Waals surface area contributed by atoms with Gasteiger partial charge in [-0.1, -0.05) is 23.2 Å². The fourth-order valence-corrected chi connectivity index (χ4v) is 4.55. The van der Waals surface area contributed by atoms with Crippen LogP contribution in [0.25, 0.3) is 22.2 Å². The summed E-state index contributed by atoms with van der Waals surface area (Å²) in [6, 6.07) is 7.31. The SMILES string of the molecule is C[C@@H](O)Cn1cc(C(=O)[C@@H]2COc3ccc(Cl)cc3C2)c2cnc(-c3cn[nH]c3Cl)cc21. The van der Waals surface area contributed by atoms with Gasteiger partial charge in [0.15, 0.2) is 5.78 Å². The Morgan fingerprint density at radius 3 is 2.94 bits per heavy atom. The molecule has 0 amide bonds. The number of nitrogens with one attached hydrogen (secondary N) is 1. The van der Waals surface area contributed by atoms with E-state index in [1.807, 2.05) is 22.8 Å². The summed E-state index contributed by atoms with van der Waals surface area (Å²) in [5, 5.41) is 18.4. The maximum Gasteiger partial charge on any atom is 0.171 e. The fraction of sp³-hybridized carbons (Fsp3) is 0.261. The van der Waals surface area contributed by atoms with Gasteiger partial charge in [-0.2, -0.15) is 5.10 Å². The van der Waals surface area contributed by atoms with E-state index in [-0.39, 0.29) is 11.7 Å². The van der Waals surface area contributed by atoms with Crippen molar-refractivity contribution in [1.82, 2.24) is 19.7 Å². The molecule has 0 bridgehead atoms. The number of carbonyl (C=O) groups is 1. The quantitative estimate of drug-likeness (QED) is 0.417. The number of Topliss-reactive ketones (excluding diaryl/α,β-unsaturated/α-hetero) is 1. The second kappa shape index (κ2) is 8.24. The Bertz CT molecular complexity index is 1330. The summed E-state index contributed by atoms with van der Waals surface area (Å²) in [6.07, 6.45) is 5.03. The first-order chi connectivity index (χ1) is 15.4. The number of nitrogens with zero attached hydrogens (tertiary/aromatic N) is 3. The number of H-pyrrole nitrogens is 1. The molecule has 1 aromatic carbocycles. The number of rotatable bonds is 5. The van der Waals surface area contributed by atoms with Gasteiger partial charge in [0.05, 0.1) is 41.6 Å². The van der Waals surface area contributed by atoms with Crippen molar-refractivity contribution in [3.8, 4) is 17.0 Å². The van der Waals surface area contributed by atoms with E-state index in [1.54, 1.807) is 31.6 Å². The first kappa shape index (κ1) is 21.0. The van der Waals surface area contributed by atoms with Gasteiger partial charge in [0.1, 0.15) is 10.9 Å². The summed E-state index contributed by atoms with van der Waals surface area (Å²) in [4.78, 5) is 18.0.